The van der Waals surface area contributed by atoms with Crippen molar-refractivity contribution in [3.05, 3.63) is 23.1 Å². The van der Waals surface area contributed by atoms with Crippen LogP contribution in [0.2, 0.25) is 0 Å². The summed E-state index contributed by atoms with van der Waals surface area (Å²) in [6.07, 6.45) is 1.41. The van der Waals surface area contributed by atoms with Crippen LogP contribution >= 0.6 is 11.8 Å². The Balaban J connectivity index is 2.54. The van der Waals surface area contributed by atoms with Crippen LogP contribution in [0.15, 0.2) is 23.1 Å². The van der Waals surface area contributed by atoms with Gasteiger partial charge in [-0.2, -0.15) is 0 Å². The van der Waals surface area contributed by atoms with Crippen molar-refractivity contribution in [2.75, 3.05) is 24.7 Å². The zero-order valence-electron chi connectivity index (χ0n) is 13.2. The summed E-state index contributed by atoms with van der Waals surface area (Å²) in [6.45, 7) is 6.07. The highest BCUT2D eigenvalue weighted by atomic mass is 32.2. The molecule has 0 aliphatic heterocycles. The number of carbonyl (C=O) groups excluding carboxylic acids is 1. The van der Waals surface area contributed by atoms with Gasteiger partial charge in [-0.05, 0) is 39.2 Å². The summed E-state index contributed by atoms with van der Waals surface area (Å²) >= 11 is 1.52. The van der Waals surface area contributed by atoms with Crippen LogP contribution in [-0.2, 0) is 4.74 Å². The van der Waals surface area contributed by atoms with E-state index < -0.39 is 11.7 Å². The minimum absolute atomic E-state index is 0.120. The standard InChI is InChI=1S/C14H21N3O4S/c1-14(2,3)21-13(18)16-8-7-15-11-9-10(22-4)5-6-12(11)17(19)20/h5-6,9,15H,7-8H2,1-4H3,(H-,16,18,19,20)/p+1. The SMILES string of the molecule is CSc1ccc([N+](=O)O)c(NCCNC(=O)OC(C)(C)C)c1. The van der Waals surface area contributed by atoms with Crippen LogP contribution in [0.4, 0.5) is 16.2 Å². The summed E-state index contributed by atoms with van der Waals surface area (Å²) in [4.78, 5) is 23.3. The van der Waals surface area contributed by atoms with Crippen molar-refractivity contribution in [3.63, 3.8) is 0 Å². The Labute approximate surface area is 134 Å². The number of benzene rings is 1. The number of ether oxygens (including phenoxy) is 1. The van der Waals surface area contributed by atoms with E-state index in [9.17, 15) is 9.70 Å². The number of amides is 1. The molecule has 1 amide bonds. The molecule has 0 aliphatic carbocycles. The van der Waals surface area contributed by atoms with Gasteiger partial charge in [-0.25, -0.2) is 10.0 Å². The molecule has 3 N–H and O–H groups in total. The first-order valence-corrected chi connectivity index (χ1v) is 8.00. The average molecular weight is 328 g/mol. The third-order valence-corrected chi connectivity index (χ3v) is 3.24. The van der Waals surface area contributed by atoms with Crippen LogP contribution in [0.5, 0.6) is 0 Å². The lowest BCUT2D eigenvalue weighted by molar-refractivity contribution is -0.729. The van der Waals surface area contributed by atoms with E-state index in [0.29, 0.717) is 18.8 Å². The predicted octanol–water partition coefficient (Wildman–Crippen LogP) is 3.14. The molecule has 7 nitrogen and oxygen atoms in total. The molecule has 0 aliphatic rings. The molecule has 0 fully saturated rings. The summed E-state index contributed by atoms with van der Waals surface area (Å²) < 4.78 is 5.11. The van der Waals surface area contributed by atoms with Crippen LogP contribution < -0.4 is 10.6 Å². The normalized spacial score (nSPS) is 10.9. The summed E-state index contributed by atoms with van der Waals surface area (Å²) in [7, 11) is 0. The molecule has 1 aromatic rings. The van der Waals surface area contributed by atoms with Gasteiger partial charge in [0.25, 0.3) is 4.92 Å². The monoisotopic (exact) mass is 328 g/mol. The fourth-order valence-corrected chi connectivity index (χ4v) is 2.07. The van der Waals surface area contributed by atoms with Gasteiger partial charge in [0.1, 0.15) is 11.3 Å². The maximum absolute atomic E-state index is 11.5. The molecule has 1 aromatic carbocycles. The molecule has 0 heterocycles. The van der Waals surface area contributed by atoms with Gasteiger partial charge in [-0.3, -0.25) is 0 Å². The quantitative estimate of drug-likeness (QED) is 0.422. The Morgan fingerprint density at radius 1 is 1.36 bits per heavy atom. The molecule has 22 heavy (non-hydrogen) atoms. The van der Waals surface area contributed by atoms with Crippen LogP contribution in [0.1, 0.15) is 20.8 Å². The first kappa shape index (κ1) is 18.1. The third kappa shape index (κ3) is 6.21. The van der Waals surface area contributed by atoms with Gasteiger partial charge in [0.15, 0.2) is 0 Å². The second-order valence-corrected chi connectivity index (χ2v) is 6.39. The number of rotatable bonds is 6. The van der Waals surface area contributed by atoms with Crippen LogP contribution in [0.3, 0.4) is 0 Å². The average Bonchev–Trinajstić information content (AvgIpc) is 2.41. The number of anilines is 1. The smallest absolute Gasteiger partial charge is 0.407 e. The summed E-state index contributed by atoms with van der Waals surface area (Å²) in [5, 5.41) is 14.7. The number of hydrogen-bond donors (Lipinski definition) is 3. The van der Waals surface area contributed by atoms with Crippen molar-refractivity contribution in [1.82, 2.24) is 5.32 Å². The molecule has 0 saturated heterocycles. The van der Waals surface area contributed by atoms with Gasteiger partial charge in [0, 0.05) is 24.1 Å². The van der Waals surface area contributed by atoms with E-state index in [-0.39, 0.29) is 10.6 Å². The molecule has 122 valence electrons. The Kier molecular flexibility index (Phi) is 6.48. The molecule has 0 aromatic heterocycles. The van der Waals surface area contributed by atoms with Crippen LogP contribution in [-0.4, -0.2) is 41.2 Å². The topological polar surface area (TPSA) is 90.7 Å². The molecule has 0 saturated carbocycles. The lowest BCUT2D eigenvalue weighted by Gasteiger charge is -2.19. The number of alkyl carbamates (subject to hydrolysis) is 1. The Bertz CT molecular complexity index is 543. The van der Waals surface area contributed by atoms with Gasteiger partial charge in [-0.15, -0.1) is 11.8 Å². The Morgan fingerprint density at radius 2 is 2.05 bits per heavy atom. The van der Waals surface area contributed by atoms with Gasteiger partial charge >= 0.3 is 11.8 Å². The minimum Gasteiger partial charge on any atom is -0.444 e. The lowest BCUT2D eigenvalue weighted by atomic mass is 10.2. The van der Waals surface area contributed by atoms with E-state index in [1.165, 1.54) is 17.8 Å². The maximum Gasteiger partial charge on any atom is 0.407 e. The van der Waals surface area contributed by atoms with Crippen LogP contribution in [0.25, 0.3) is 0 Å². The highest BCUT2D eigenvalue weighted by Crippen LogP contribution is 2.28. The van der Waals surface area contributed by atoms with Crippen LogP contribution in [0, 0.1) is 4.91 Å². The van der Waals surface area contributed by atoms with E-state index in [2.05, 4.69) is 10.6 Å². The van der Waals surface area contributed by atoms with E-state index in [0.717, 1.165) is 4.90 Å². The number of carbonyl (C=O) groups is 1. The molecule has 8 heteroatoms. The van der Waals surface area contributed by atoms with E-state index in [1.807, 2.05) is 6.26 Å². The molecule has 0 spiro atoms. The zero-order valence-corrected chi connectivity index (χ0v) is 14.0. The fraction of sp³-hybridized carbons (Fsp3) is 0.500. The Hall–Kier alpha value is -1.96. The fourth-order valence-electron chi connectivity index (χ4n) is 1.63. The molecule has 1 rings (SSSR count). The summed E-state index contributed by atoms with van der Waals surface area (Å²) in [5.41, 5.74) is 0.0718. The summed E-state index contributed by atoms with van der Waals surface area (Å²) in [5.74, 6) is 0. The second-order valence-electron chi connectivity index (χ2n) is 5.51. The molecular weight excluding hydrogens is 306 g/mol. The highest BCUT2D eigenvalue weighted by molar-refractivity contribution is 7.98. The van der Waals surface area contributed by atoms with E-state index >= 15 is 0 Å². The highest BCUT2D eigenvalue weighted by Gasteiger charge is 2.19. The first-order chi connectivity index (χ1) is 10.2. The molecule has 0 atom stereocenters. The molecular formula is C14H22N3O4S+. The third-order valence-electron chi connectivity index (χ3n) is 2.52. The second kappa shape index (κ2) is 7.88. The number of thioether (sulfide) groups is 1. The number of hydrogen-bond acceptors (Lipinski definition) is 5. The lowest BCUT2D eigenvalue weighted by Crippen LogP contribution is -2.35. The van der Waals surface area contributed by atoms with E-state index in [4.69, 9.17) is 9.94 Å². The van der Waals surface area contributed by atoms with Gasteiger partial charge in [0.05, 0.1) is 4.91 Å². The van der Waals surface area contributed by atoms with E-state index in [1.54, 1.807) is 32.9 Å². The van der Waals surface area contributed by atoms with Gasteiger partial charge in [-0.1, -0.05) is 0 Å². The van der Waals surface area contributed by atoms with Crippen molar-refractivity contribution in [2.45, 2.75) is 31.3 Å². The molecule has 0 radical (unpaired) electrons. The van der Waals surface area contributed by atoms with Crippen molar-refractivity contribution in [2.24, 2.45) is 0 Å². The Morgan fingerprint density at radius 3 is 2.59 bits per heavy atom. The zero-order chi connectivity index (χ0) is 16.8. The van der Waals surface area contributed by atoms with Crippen molar-refractivity contribution >= 4 is 29.2 Å². The van der Waals surface area contributed by atoms with Gasteiger partial charge in [0.2, 0.25) is 0 Å². The maximum atomic E-state index is 11.5. The van der Waals surface area contributed by atoms with Crippen molar-refractivity contribution in [3.8, 4) is 0 Å². The minimum atomic E-state index is -0.544. The molecule has 0 unspecified atom stereocenters. The summed E-state index contributed by atoms with van der Waals surface area (Å²) in [6, 6.07) is 5.03. The van der Waals surface area contributed by atoms with Crippen molar-refractivity contribution < 1.29 is 19.7 Å². The predicted molar refractivity (Wildman–Crippen MR) is 86.0 cm³/mol. The van der Waals surface area contributed by atoms with Gasteiger partial charge < -0.3 is 15.4 Å². The van der Waals surface area contributed by atoms with Crippen molar-refractivity contribution in [1.29, 1.82) is 0 Å². The number of nitrogens with one attached hydrogen (secondary N) is 2. The number of nitrogens with zero attached hydrogens (tertiary/aromatic N) is 1. The largest absolute Gasteiger partial charge is 0.444 e. The molecule has 0 bridgehead atoms. The first-order valence-electron chi connectivity index (χ1n) is 6.78.